The van der Waals surface area contributed by atoms with E-state index in [0.717, 1.165) is 34.4 Å². The van der Waals surface area contributed by atoms with Crippen molar-refractivity contribution in [3.05, 3.63) is 102 Å². The highest BCUT2D eigenvalue weighted by molar-refractivity contribution is 5.96. The maximum atomic E-state index is 6.24. The van der Waals surface area contributed by atoms with E-state index in [2.05, 4.69) is 78.5 Å². The minimum absolute atomic E-state index is 0.517. The van der Waals surface area contributed by atoms with Crippen molar-refractivity contribution < 1.29 is 4.74 Å². The summed E-state index contributed by atoms with van der Waals surface area (Å²) in [7, 11) is 0. The molecule has 0 unspecified atom stereocenters. The minimum atomic E-state index is 0.517. The summed E-state index contributed by atoms with van der Waals surface area (Å²) in [5.74, 6) is 1.44. The highest BCUT2D eigenvalue weighted by Crippen LogP contribution is 2.31. The molecule has 0 N–H and O–H groups in total. The molecule has 0 aliphatic heterocycles. The van der Waals surface area contributed by atoms with E-state index >= 15 is 0 Å². The molecule has 4 rings (SSSR count). The van der Waals surface area contributed by atoms with Crippen LogP contribution in [0.3, 0.4) is 0 Å². The third-order valence-corrected chi connectivity index (χ3v) is 5.59. The highest BCUT2D eigenvalue weighted by atomic mass is 16.5. The van der Waals surface area contributed by atoms with Gasteiger partial charge in [0.25, 0.3) is 0 Å². The maximum absolute atomic E-state index is 6.24. The van der Waals surface area contributed by atoms with Gasteiger partial charge >= 0.3 is 0 Å². The molecule has 0 saturated carbocycles. The van der Waals surface area contributed by atoms with E-state index in [1.165, 1.54) is 10.8 Å². The molecular formula is C29H28N2O. The largest absolute Gasteiger partial charge is 0.493 e. The predicted molar refractivity (Wildman–Crippen MR) is 135 cm³/mol. The minimum Gasteiger partial charge on any atom is -0.493 e. The van der Waals surface area contributed by atoms with E-state index in [9.17, 15) is 0 Å². The summed E-state index contributed by atoms with van der Waals surface area (Å²) >= 11 is 0. The first kappa shape index (κ1) is 21.5. The molecule has 1 atom stereocenters. The highest BCUT2D eigenvalue weighted by Gasteiger charge is 2.09. The van der Waals surface area contributed by atoms with Crippen LogP contribution in [0.2, 0.25) is 0 Å². The van der Waals surface area contributed by atoms with E-state index in [-0.39, 0.29) is 0 Å². The van der Waals surface area contributed by atoms with E-state index in [1.54, 1.807) is 0 Å². The Balaban J connectivity index is 1.69. The SMILES string of the molecule is CC[C@H](C)COc1ccc2cc(/C=C/c3ccncc3)ccc2c1/C=C/c1ccncc1. The van der Waals surface area contributed by atoms with Gasteiger partial charge in [-0.1, -0.05) is 62.8 Å². The summed E-state index contributed by atoms with van der Waals surface area (Å²) in [5, 5.41) is 2.37. The zero-order valence-corrected chi connectivity index (χ0v) is 18.6. The van der Waals surface area contributed by atoms with Crippen molar-refractivity contribution >= 4 is 35.1 Å². The zero-order valence-electron chi connectivity index (χ0n) is 18.6. The molecule has 2 heterocycles. The van der Waals surface area contributed by atoms with Crippen LogP contribution in [0.15, 0.2) is 79.4 Å². The van der Waals surface area contributed by atoms with Gasteiger partial charge in [0.1, 0.15) is 5.75 Å². The molecule has 0 radical (unpaired) electrons. The topological polar surface area (TPSA) is 35.0 Å². The summed E-state index contributed by atoms with van der Waals surface area (Å²) in [6.07, 6.45) is 16.8. The van der Waals surface area contributed by atoms with Crippen LogP contribution in [-0.2, 0) is 0 Å². The van der Waals surface area contributed by atoms with Gasteiger partial charge in [0.15, 0.2) is 0 Å². The second-order valence-corrected chi connectivity index (χ2v) is 8.01. The molecule has 160 valence electrons. The Labute approximate surface area is 190 Å². The quantitative estimate of drug-likeness (QED) is 0.298. The monoisotopic (exact) mass is 420 g/mol. The van der Waals surface area contributed by atoms with Gasteiger partial charge in [-0.25, -0.2) is 0 Å². The van der Waals surface area contributed by atoms with E-state index in [1.807, 2.05) is 49.1 Å². The average Bonchev–Trinajstić information content (AvgIpc) is 2.86. The van der Waals surface area contributed by atoms with Gasteiger partial charge in [0.05, 0.1) is 6.61 Å². The maximum Gasteiger partial charge on any atom is 0.127 e. The standard InChI is InChI=1S/C29H28N2O/c1-3-22(2)21-32-29-11-8-26-20-25(5-4-23-12-16-30-17-13-23)7-9-27(26)28(29)10-6-24-14-18-31-19-15-24/h4-20,22H,3,21H2,1-2H3/b5-4+,10-6+/t22-/m0/s1. The lowest BCUT2D eigenvalue weighted by atomic mass is 9.99. The van der Waals surface area contributed by atoms with Crippen LogP contribution in [0.5, 0.6) is 5.75 Å². The molecule has 3 nitrogen and oxygen atoms in total. The second-order valence-electron chi connectivity index (χ2n) is 8.01. The molecule has 0 spiro atoms. The van der Waals surface area contributed by atoms with Crippen molar-refractivity contribution in [1.82, 2.24) is 9.97 Å². The summed E-state index contributed by atoms with van der Waals surface area (Å²) in [5.41, 5.74) is 4.51. The van der Waals surface area contributed by atoms with Crippen molar-refractivity contribution in [2.75, 3.05) is 6.61 Å². The summed E-state index contributed by atoms with van der Waals surface area (Å²) in [4.78, 5) is 8.18. The molecule has 2 aromatic heterocycles. The van der Waals surface area contributed by atoms with Crippen molar-refractivity contribution in [3.8, 4) is 5.75 Å². The van der Waals surface area contributed by atoms with Crippen LogP contribution < -0.4 is 4.74 Å². The first-order valence-corrected chi connectivity index (χ1v) is 11.1. The number of benzene rings is 2. The fourth-order valence-electron chi connectivity index (χ4n) is 3.42. The number of pyridine rings is 2. The van der Waals surface area contributed by atoms with Crippen LogP contribution in [0.1, 0.15) is 42.5 Å². The number of hydrogen-bond acceptors (Lipinski definition) is 3. The number of rotatable bonds is 8. The van der Waals surface area contributed by atoms with Crippen molar-refractivity contribution in [2.24, 2.45) is 5.92 Å². The van der Waals surface area contributed by atoms with Gasteiger partial charge in [-0.2, -0.15) is 0 Å². The fourth-order valence-corrected chi connectivity index (χ4v) is 3.42. The summed E-state index contributed by atoms with van der Waals surface area (Å²) in [6, 6.07) is 18.8. The van der Waals surface area contributed by atoms with Crippen molar-refractivity contribution in [3.63, 3.8) is 0 Å². The molecule has 32 heavy (non-hydrogen) atoms. The van der Waals surface area contributed by atoms with Gasteiger partial charge in [-0.15, -0.1) is 0 Å². The number of ether oxygens (including phenoxy) is 1. The van der Waals surface area contributed by atoms with Crippen LogP contribution >= 0.6 is 0 Å². The van der Waals surface area contributed by atoms with E-state index < -0.39 is 0 Å². The molecule has 0 amide bonds. The Morgan fingerprint density at radius 3 is 2.03 bits per heavy atom. The smallest absolute Gasteiger partial charge is 0.127 e. The van der Waals surface area contributed by atoms with Crippen LogP contribution in [0.25, 0.3) is 35.1 Å². The zero-order chi connectivity index (χ0) is 22.2. The van der Waals surface area contributed by atoms with Crippen molar-refractivity contribution in [2.45, 2.75) is 20.3 Å². The third-order valence-electron chi connectivity index (χ3n) is 5.59. The Hall–Kier alpha value is -3.72. The Kier molecular flexibility index (Phi) is 7.08. The van der Waals surface area contributed by atoms with Crippen molar-refractivity contribution in [1.29, 1.82) is 0 Å². The fraction of sp³-hybridized carbons (Fsp3) is 0.172. The molecular weight excluding hydrogens is 392 g/mol. The lowest BCUT2D eigenvalue weighted by Gasteiger charge is -2.15. The number of fused-ring (bicyclic) bond motifs is 1. The lowest BCUT2D eigenvalue weighted by molar-refractivity contribution is 0.256. The summed E-state index contributed by atoms with van der Waals surface area (Å²) < 4.78 is 6.24. The molecule has 0 fully saturated rings. The van der Waals surface area contributed by atoms with Gasteiger partial charge in [0.2, 0.25) is 0 Å². The van der Waals surface area contributed by atoms with Gasteiger partial charge in [0, 0.05) is 30.4 Å². The average molecular weight is 421 g/mol. The van der Waals surface area contributed by atoms with Crippen LogP contribution in [-0.4, -0.2) is 16.6 Å². The molecule has 0 aliphatic carbocycles. The molecule has 0 saturated heterocycles. The normalized spacial score (nSPS) is 12.6. The molecule has 2 aromatic carbocycles. The number of aromatic nitrogens is 2. The molecule has 4 aromatic rings. The predicted octanol–water partition coefficient (Wildman–Crippen LogP) is 7.40. The van der Waals surface area contributed by atoms with Gasteiger partial charge in [-0.05, 0) is 69.8 Å². The Morgan fingerprint density at radius 1 is 0.750 bits per heavy atom. The number of hydrogen-bond donors (Lipinski definition) is 0. The molecule has 0 aliphatic rings. The Morgan fingerprint density at radius 2 is 1.38 bits per heavy atom. The Bertz CT molecular complexity index is 1210. The molecule has 0 bridgehead atoms. The second kappa shape index (κ2) is 10.5. The molecule has 3 heteroatoms. The lowest BCUT2D eigenvalue weighted by Crippen LogP contribution is -2.08. The van der Waals surface area contributed by atoms with Crippen LogP contribution in [0.4, 0.5) is 0 Å². The first-order valence-electron chi connectivity index (χ1n) is 11.1. The number of nitrogens with zero attached hydrogens (tertiary/aromatic N) is 2. The first-order chi connectivity index (χ1) is 15.7. The van der Waals surface area contributed by atoms with Gasteiger partial charge < -0.3 is 4.74 Å². The van der Waals surface area contributed by atoms with E-state index in [4.69, 9.17) is 4.74 Å². The van der Waals surface area contributed by atoms with Crippen LogP contribution in [0, 0.1) is 5.92 Å². The van der Waals surface area contributed by atoms with E-state index in [0.29, 0.717) is 12.5 Å². The summed E-state index contributed by atoms with van der Waals surface area (Å²) in [6.45, 7) is 5.12. The third kappa shape index (κ3) is 5.50. The van der Waals surface area contributed by atoms with Gasteiger partial charge in [-0.3, -0.25) is 9.97 Å².